The van der Waals surface area contributed by atoms with E-state index in [0.29, 0.717) is 0 Å². The maximum atomic E-state index is 6.20. The first-order chi connectivity index (χ1) is 25.6. The first-order valence-electron chi connectivity index (χ1n) is 17.4. The van der Waals surface area contributed by atoms with Crippen molar-refractivity contribution in [1.82, 2.24) is 4.57 Å². The lowest BCUT2D eigenvalue weighted by atomic mass is 9.95. The van der Waals surface area contributed by atoms with Crippen LogP contribution in [0.15, 0.2) is 179 Å². The highest BCUT2D eigenvalue weighted by atomic mass is 79.9. The summed E-state index contributed by atoms with van der Waals surface area (Å²) in [5, 5.41) is 7.37. The second-order valence-electron chi connectivity index (χ2n) is 13.5. The number of fused-ring (bicyclic) bond motifs is 9. The van der Waals surface area contributed by atoms with Crippen LogP contribution in [0.25, 0.3) is 103 Å². The number of hydrogen-bond acceptors (Lipinski definition) is 2. The van der Waals surface area contributed by atoms with Gasteiger partial charge in [0.05, 0.1) is 11.0 Å². The number of nitrogens with zero attached hydrogens (tertiary/aromatic N) is 1. The Labute approximate surface area is 311 Å². The van der Waals surface area contributed by atoms with Crippen LogP contribution in [0.4, 0.5) is 0 Å². The SMILES string of the molecule is Brc1ccc2c(c1)c1ccccc1n2-c1cc(-c2ccc(-c3ccc4c(c3)sc3ccccc34)cc2)cc(-c2ccc3oc4ccccc4c3c2)c1. The highest BCUT2D eigenvalue weighted by Crippen LogP contribution is 2.40. The predicted octanol–water partition coefficient (Wildman–Crippen LogP) is 14.8. The molecule has 8 aromatic carbocycles. The molecule has 0 spiro atoms. The smallest absolute Gasteiger partial charge is 0.135 e. The highest BCUT2D eigenvalue weighted by Gasteiger charge is 2.16. The number of benzene rings is 8. The Kier molecular flexibility index (Phi) is 6.60. The minimum absolute atomic E-state index is 0.902. The standard InChI is InChI=1S/C48H28BrNOS/c49-35-19-21-44-41(28-35)37-7-1-4-10-43(37)50(44)36-24-33(23-34(25-36)31-18-22-46-42(26-31)38-8-2-5-11-45(38)51-46)30-15-13-29(14-16-30)32-17-20-40-39-9-3-6-12-47(39)52-48(40)27-32/h1-28H. The van der Waals surface area contributed by atoms with Crippen LogP contribution in [0.3, 0.4) is 0 Å². The molecular formula is C48H28BrNOS. The number of halogens is 1. The van der Waals surface area contributed by atoms with Crippen LogP contribution in [0, 0.1) is 0 Å². The highest BCUT2D eigenvalue weighted by molar-refractivity contribution is 9.10. The van der Waals surface area contributed by atoms with Gasteiger partial charge < -0.3 is 8.98 Å². The fourth-order valence-electron chi connectivity index (χ4n) is 7.96. The predicted molar refractivity (Wildman–Crippen MR) is 225 cm³/mol. The summed E-state index contributed by atoms with van der Waals surface area (Å²) >= 11 is 5.59. The molecular weight excluding hydrogens is 719 g/mol. The summed E-state index contributed by atoms with van der Waals surface area (Å²) < 4.78 is 12.3. The molecule has 0 saturated carbocycles. The molecule has 3 heterocycles. The average molecular weight is 747 g/mol. The lowest BCUT2D eigenvalue weighted by Gasteiger charge is -2.14. The minimum Gasteiger partial charge on any atom is -0.456 e. The topological polar surface area (TPSA) is 18.1 Å². The number of furan rings is 1. The van der Waals surface area contributed by atoms with Crippen LogP contribution in [0.2, 0.25) is 0 Å². The number of thiophene rings is 1. The van der Waals surface area contributed by atoms with E-state index in [9.17, 15) is 0 Å². The van der Waals surface area contributed by atoms with Crippen LogP contribution in [-0.2, 0) is 0 Å². The largest absolute Gasteiger partial charge is 0.456 e. The molecule has 0 N–H and O–H groups in total. The van der Waals surface area contributed by atoms with Gasteiger partial charge in [0.2, 0.25) is 0 Å². The van der Waals surface area contributed by atoms with Gasteiger partial charge in [-0.1, -0.05) is 113 Å². The zero-order chi connectivity index (χ0) is 34.3. The van der Waals surface area contributed by atoms with Crippen molar-refractivity contribution in [2.75, 3.05) is 0 Å². The fourth-order valence-corrected chi connectivity index (χ4v) is 9.47. The Bertz CT molecular complexity index is 3200. The van der Waals surface area contributed by atoms with Crippen molar-refractivity contribution in [3.8, 4) is 39.1 Å². The summed E-state index contributed by atoms with van der Waals surface area (Å²) in [5.41, 5.74) is 12.4. The number of hydrogen-bond donors (Lipinski definition) is 0. The molecule has 3 aromatic heterocycles. The molecule has 0 amide bonds. The molecule has 0 bridgehead atoms. The molecule has 0 radical (unpaired) electrons. The van der Waals surface area contributed by atoms with Gasteiger partial charge in [0, 0.05) is 51.9 Å². The molecule has 11 rings (SSSR count). The summed E-state index contributed by atoms with van der Waals surface area (Å²) in [7, 11) is 0. The molecule has 0 unspecified atom stereocenters. The number of para-hydroxylation sites is 2. The quantitative estimate of drug-likeness (QED) is 0.175. The normalized spacial score (nSPS) is 11.9. The fraction of sp³-hybridized carbons (Fsp3) is 0. The molecule has 4 heteroatoms. The van der Waals surface area contributed by atoms with Crippen LogP contribution in [0.1, 0.15) is 0 Å². The van der Waals surface area contributed by atoms with Gasteiger partial charge in [-0.05, 0) is 106 Å². The number of aromatic nitrogens is 1. The van der Waals surface area contributed by atoms with Crippen LogP contribution in [0.5, 0.6) is 0 Å². The molecule has 0 aliphatic rings. The second kappa shape index (κ2) is 11.5. The van der Waals surface area contributed by atoms with Gasteiger partial charge >= 0.3 is 0 Å². The zero-order valence-electron chi connectivity index (χ0n) is 27.8. The molecule has 52 heavy (non-hydrogen) atoms. The van der Waals surface area contributed by atoms with E-state index < -0.39 is 0 Å². The van der Waals surface area contributed by atoms with Crippen LogP contribution in [-0.4, -0.2) is 4.57 Å². The monoisotopic (exact) mass is 745 g/mol. The lowest BCUT2D eigenvalue weighted by molar-refractivity contribution is 0.669. The Morgan fingerprint density at radius 3 is 1.87 bits per heavy atom. The van der Waals surface area contributed by atoms with Crippen LogP contribution < -0.4 is 0 Å². The lowest BCUT2D eigenvalue weighted by Crippen LogP contribution is -1.96. The van der Waals surface area contributed by atoms with E-state index in [4.69, 9.17) is 4.42 Å². The average Bonchev–Trinajstić information content (AvgIpc) is 3.86. The van der Waals surface area contributed by atoms with Crippen molar-refractivity contribution in [1.29, 1.82) is 0 Å². The van der Waals surface area contributed by atoms with E-state index in [1.165, 1.54) is 64.2 Å². The van der Waals surface area contributed by atoms with Gasteiger partial charge in [-0.2, -0.15) is 0 Å². The Hall–Kier alpha value is -5.94. The van der Waals surface area contributed by atoms with E-state index in [0.717, 1.165) is 43.2 Å². The molecule has 0 aliphatic heterocycles. The summed E-state index contributed by atoms with van der Waals surface area (Å²) in [5.74, 6) is 0. The van der Waals surface area contributed by atoms with E-state index >= 15 is 0 Å². The maximum absolute atomic E-state index is 6.20. The summed E-state index contributed by atoms with van der Waals surface area (Å²) in [4.78, 5) is 0. The molecule has 2 nitrogen and oxygen atoms in total. The van der Waals surface area contributed by atoms with E-state index in [-0.39, 0.29) is 0 Å². The summed E-state index contributed by atoms with van der Waals surface area (Å²) in [6.07, 6.45) is 0. The molecule has 244 valence electrons. The molecule has 11 aromatic rings. The van der Waals surface area contributed by atoms with Crippen molar-refractivity contribution in [2.24, 2.45) is 0 Å². The van der Waals surface area contributed by atoms with Gasteiger partial charge in [-0.25, -0.2) is 0 Å². The maximum Gasteiger partial charge on any atom is 0.135 e. The Morgan fingerprint density at radius 1 is 0.385 bits per heavy atom. The van der Waals surface area contributed by atoms with E-state index in [1.807, 2.05) is 23.5 Å². The van der Waals surface area contributed by atoms with Gasteiger partial charge in [-0.3, -0.25) is 0 Å². The van der Waals surface area contributed by atoms with Gasteiger partial charge in [0.25, 0.3) is 0 Å². The molecule has 0 aliphatic carbocycles. The van der Waals surface area contributed by atoms with Crippen molar-refractivity contribution in [3.63, 3.8) is 0 Å². The second-order valence-corrected chi connectivity index (χ2v) is 15.5. The molecule has 0 atom stereocenters. The van der Waals surface area contributed by atoms with Crippen LogP contribution >= 0.6 is 27.3 Å². The van der Waals surface area contributed by atoms with Crippen molar-refractivity contribution in [2.45, 2.75) is 0 Å². The van der Waals surface area contributed by atoms with Crippen molar-refractivity contribution in [3.05, 3.63) is 174 Å². The van der Waals surface area contributed by atoms with E-state index in [2.05, 4.69) is 178 Å². The van der Waals surface area contributed by atoms with E-state index in [1.54, 1.807) is 0 Å². The summed E-state index contributed by atoms with van der Waals surface area (Å²) in [6, 6.07) is 61.7. The third-order valence-electron chi connectivity index (χ3n) is 10.5. The Morgan fingerprint density at radius 2 is 1.00 bits per heavy atom. The summed E-state index contributed by atoms with van der Waals surface area (Å²) in [6.45, 7) is 0. The Balaban J connectivity index is 1.09. The van der Waals surface area contributed by atoms with Gasteiger partial charge in [-0.15, -0.1) is 11.3 Å². The first-order valence-corrected chi connectivity index (χ1v) is 19.0. The number of rotatable bonds is 4. The molecule has 0 saturated heterocycles. The third kappa shape index (κ3) is 4.68. The first kappa shape index (κ1) is 29.8. The minimum atomic E-state index is 0.902. The van der Waals surface area contributed by atoms with Crippen molar-refractivity contribution < 1.29 is 4.42 Å². The van der Waals surface area contributed by atoms with Crippen molar-refractivity contribution >= 4 is 91.2 Å². The molecule has 0 fully saturated rings. The van der Waals surface area contributed by atoms with Gasteiger partial charge in [0.15, 0.2) is 0 Å². The van der Waals surface area contributed by atoms with Gasteiger partial charge in [0.1, 0.15) is 11.2 Å². The third-order valence-corrected chi connectivity index (χ3v) is 12.1. The zero-order valence-corrected chi connectivity index (χ0v) is 30.2.